The van der Waals surface area contributed by atoms with E-state index in [0.717, 1.165) is 18.9 Å². The Morgan fingerprint density at radius 3 is 2.43 bits per heavy atom. The maximum atomic E-state index is 12.0. The Kier molecular flexibility index (Phi) is 7.72. The molecule has 0 aromatic carbocycles. The maximum Gasteiger partial charge on any atom is 0.241 e. The standard InChI is InChI=1S/C16H31N3O2/c1-12(2)15(17)16(21)18-11-14(20)19(3)10-9-13-7-5-4-6-8-13/h12-13,15H,4-11,17H2,1-3H3,(H,18,21)/t15-/m0/s1. The molecule has 122 valence electrons. The summed E-state index contributed by atoms with van der Waals surface area (Å²) in [5.74, 6) is 0.538. The SMILES string of the molecule is CC(C)[C@H](N)C(=O)NCC(=O)N(C)CCC1CCCCC1. The first-order valence-corrected chi connectivity index (χ1v) is 8.19. The zero-order valence-corrected chi connectivity index (χ0v) is 13.7. The molecule has 1 fully saturated rings. The lowest BCUT2D eigenvalue weighted by atomic mass is 9.87. The molecule has 0 radical (unpaired) electrons. The molecule has 3 N–H and O–H groups in total. The number of carbonyl (C=O) groups excluding carboxylic acids is 2. The monoisotopic (exact) mass is 297 g/mol. The summed E-state index contributed by atoms with van der Waals surface area (Å²) in [5.41, 5.74) is 5.74. The molecule has 0 aromatic heterocycles. The predicted molar refractivity (Wildman–Crippen MR) is 84.7 cm³/mol. The van der Waals surface area contributed by atoms with Crippen LogP contribution in [0.5, 0.6) is 0 Å². The topological polar surface area (TPSA) is 75.4 Å². The van der Waals surface area contributed by atoms with Crippen LogP contribution in [0.4, 0.5) is 0 Å². The van der Waals surface area contributed by atoms with Crippen LogP contribution in [-0.4, -0.2) is 42.9 Å². The number of carbonyl (C=O) groups is 2. The van der Waals surface area contributed by atoms with Crippen LogP contribution >= 0.6 is 0 Å². The van der Waals surface area contributed by atoms with Gasteiger partial charge in [-0.15, -0.1) is 0 Å². The molecular weight excluding hydrogens is 266 g/mol. The Morgan fingerprint density at radius 2 is 1.86 bits per heavy atom. The van der Waals surface area contributed by atoms with Crippen LogP contribution in [0.3, 0.4) is 0 Å². The number of hydrogen-bond donors (Lipinski definition) is 2. The molecule has 0 aliphatic heterocycles. The first-order chi connectivity index (χ1) is 9.91. The Labute approximate surface area is 128 Å². The molecule has 5 heteroatoms. The van der Waals surface area contributed by atoms with Gasteiger partial charge in [-0.25, -0.2) is 0 Å². The van der Waals surface area contributed by atoms with Gasteiger partial charge in [-0.05, 0) is 18.3 Å². The molecule has 0 spiro atoms. The molecule has 0 unspecified atom stereocenters. The second-order valence-electron chi connectivity index (χ2n) is 6.60. The molecule has 5 nitrogen and oxygen atoms in total. The summed E-state index contributed by atoms with van der Waals surface area (Å²) in [6, 6.07) is -0.551. The van der Waals surface area contributed by atoms with Gasteiger partial charge in [-0.3, -0.25) is 9.59 Å². The van der Waals surface area contributed by atoms with Crippen molar-refractivity contribution >= 4 is 11.8 Å². The van der Waals surface area contributed by atoms with Gasteiger partial charge in [0.25, 0.3) is 0 Å². The van der Waals surface area contributed by atoms with E-state index in [1.54, 1.807) is 11.9 Å². The normalized spacial score (nSPS) is 17.6. The van der Waals surface area contributed by atoms with Crippen molar-refractivity contribution < 1.29 is 9.59 Å². The predicted octanol–water partition coefficient (Wildman–Crippen LogP) is 1.51. The summed E-state index contributed by atoms with van der Waals surface area (Å²) >= 11 is 0. The minimum Gasteiger partial charge on any atom is -0.346 e. The summed E-state index contributed by atoms with van der Waals surface area (Å²) in [4.78, 5) is 25.4. The Hall–Kier alpha value is -1.10. The van der Waals surface area contributed by atoms with E-state index in [2.05, 4.69) is 5.32 Å². The molecule has 1 aliphatic carbocycles. The molecular formula is C16H31N3O2. The average molecular weight is 297 g/mol. The average Bonchev–Trinajstić information content (AvgIpc) is 2.49. The minimum atomic E-state index is -0.551. The number of nitrogens with two attached hydrogens (primary N) is 1. The van der Waals surface area contributed by atoms with E-state index in [1.807, 2.05) is 13.8 Å². The van der Waals surface area contributed by atoms with E-state index < -0.39 is 6.04 Å². The van der Waals surface area contributed by atoms with Crippen molar-refractivity contribution in [1.29, 1.82) is 0 Å². The summed E-state index contributed by atoms with van der Waals surface area (Å²) < 4.78 is 0. The minimum absolute atomic E-state index is 0.0421. The second kappa shape index (κ2) is 9.03. The van der Waals surface area contributed by atoms with Crippen molar-refractivity contribution in [3.05, 3.63) is 0 Å². The van der Waals surface area contributed by atoms with Gasteiger partial charge in [0.1, 0.15) is 0 Å². The maximum absolute atomic E-state index is 12.0. The zero-order chi connectivity index (χ0) is 15.8. The molecule has 1 saturated carbocycles. The summed E-state index contributed by atoms with van der Waals surface area (Å²) in [5, 5.41) is 2.63. The van der Waals surface area contributed by atoms with Crippen LogP contribution in [0.15, 0.2) is 0 Å². The van der Waals surface area contributed by atoms with Crippen molar-refractivity contribution in [3.8, 4) is 0 Å². The van der Waals surface area contributed by atoms with Crippen LogP contribution in [-0.2, 0) is 9.59 Å². The lowest BCUT2D eigenvalue weighted by molar-refractivity contribution is -0.132. The van der Waals surface area contributed by atoms with E-state index >= 15 is 0 Å². The summed E-state index contributed by atoms with van der Waals surface area (Å²) in [6.45, 7) is 4.60. The molecule has 0 saturated heterocycles. The molecule has 1 atom stereocenters. The van der Waals surface area contributed by atoms with E-state index in [4.69, 9.17) is 5.73 Å². The highest BCUT2D eigenvalue weighted by atomic mass is 16.2. The number of nitrogens with zero attached hydrogens (tertiary/aromatic N) is 1. The highest BCUT2D eigenvalue weighted by Gasteiger charge is 2.19. The third-order valence-corrected chi connectivity index (χ3v) is 4.46. The van der Waals surface area contributed by atoms with Crippen molar-refractivity contribution in [2.45, 2.75) is 58.4 Å². The van der Waals surface area contributed by atoms with Gasteiger partial charge < -0.3 is 16.0 Å². The summed E-state index contributed by atoms with van der Waals surface area (Å²) in [6.07, 6.45) is 7.66. The van der Waals surface area contributed by atoms with E-state index in [0.29, 0.717) is 0 Å². The molecule has 1 aliphatic rings. The molecule has 21 heavy (non-hydrogen) atoms. The van der Waals surface area contributed by atoms with Crippen LogP contribution < -0.4 is 11.1 Å². The Bertz CT molecular complexity index is 338. The lowest BCUT2D eigenvalue weighted by Gasteiger charge is -2.25. The number of rotatable bonds is 7. The Balaban J connectivity index is 2.22. The highest BCUT2D eigenvalue weighted by molar-refractivity contribution is 5.87. The van der Waals surface area contributed by atoms with E-state index in [9.17, 15) is 9.59 Å². The van der Waals surface area contributed by atoms with Crippen molar-refractivity contribution in [3.63, 3.8) is 0 Å². The number of nitrogens with one attached hydrogen (secondary N) is 1. The first kappa shape index (κ1) is 18.0. The molecule has 1 rings (SSSR count). The van der Waals surface area contributed by atoms with Crippen molar-refractivity contribution in [2.24, 2.45) is 17.6 Å². The van der Waals surface area contributed by atoms with E-state index in [1.165, 1.54) is 32.1 Å². The number of hydrogen-bond acceptors (Lipinski definition) is 3. The lowest BCUT2D eigenvalue weighted by Crippen LogP contribution is -2.47. The smallest absolute Gasteiger partial charge is 0.241 e. The van der Waals surface area contributed by atoms with Crippen LogP contribution in [0.1, 0.15) is 52.4 Å². The largest absolute Gasteiger partial charge is 0.346 e. The molecule has 0 heterocycles. The molecule has 2 amide bonds. The van der Waals surface area contributed by atoms with Crippen LogP contribution in [0, 0.1) is 11.8 Å². The third-order valence-electron chi connectivity index (χ3n) is 4.46. The van der Waals surface area contributed by atoms with Gasteiger partial charge in [0.2, 0.25) is 11.8 Å². The molecule has 0 bridgehead atoms. The fourth-order valence-electron chi connectivity index (χ4n) is 2.70. The van der Waals surface area contributed by atoms with Gasteiger partial charge >= 0.3 is 0 Å². The van der Waals surface area contributed by atoms with Gasteiger partial charge in [0, 0.05) is 13.6 Å². The fraction of sp³-hybridized carbons (Fsp3) is 0.875. The fourth-order valence-corrected chi connectivity index (χ4v) is 2.70. The van der Waals surface area contributed by atoms with Crippen molar-refractivity contribution in [2.75, 3.05) is 20.1 Å². The van der Waals surface area contributed by atoms with Crippen LogP contribution in [0.2, 0.25) is 0 Å². The second-order valence-corrected chi connectivity index (χ2v) is 6.60. The van der Waals surface area contributed by atoms with E-state index in [-0.39, 0.29) is 24.3 Å². The van der Waals surface area contributed by atoms with Gasteiger partial charge in [-0.1, -0.05) is 46.0 Å². The van der Waals surface area contributed by atoms with Crippen molar-refractivity contribution in [1.82, 2.24) is 10.2 Å². The number of amides is 2. The quantitative estimate of drug-likeness (QED) is 0.748. The zero-order valence-electron chi connectivity index (χ0n) is 13.7. The summed E-state index contributed by atoms with van der Waals surface area (Å²) in [7, 11) is 1.81. The molecule has 0 aromatic rings. The van der Waals surface area contributed by atoms with Crippen LogP contribution in [0.25, 0.3) is 0 Å². The highest BCUT2D eigenvalue weighted by Crippen LogP contribution is 2.26. The first-order valence-electron chi connectivity index (χ1n) is 8.19. The van der Waals surface area contributed by atoms with Gasteiger partial charge in [0.15, 0.2) is 0 Å². The third kappa shape index (κ3) is 6.46. The number of likely N-dealkylation sites (N-methyl/N-ethyl adjacent to an activating group) is 1. The van der Waals surface area contributed by atoms with Gasteiger partial charge in [0.05, 0.1) is 12.6 Å². The Morgan fingerprint density at radius 1 is 1.24 bits per heavy atom. The van der Waals surface area contributed by atoms with Gasteiger partial charge in [-0.2, -0.15) is 0 Å².